The van der Waals surface area contributed by atoms with Gasteiger partial charge in [-0.2, -0.15) is 0 Å². The second kappa shape index (κ2) is 14.7. The van der Waals surface area contributed by atoms with Gasteiger partial charge in [0.2, 0.25) is 0 Å². The van der Waals surface area contributed by atoms with E-state index in [1.54, 1.807) is 0 Å². The van der Waals surface area contributed by atoms with Crippen LogP contribution in [0.25, 0.3) is 10.8 Å². The first-order valence-corrected chi connectivity index (χ1v) is 15.5. The number of aryl methyl sites for hydroxylation is 1. The lowest BCUT2D eigenvalue weighted by molar-refractivity contribution is 0.0822. The molecule has 0 radical (unpaired) electrons. The smallest absolute Gasteiger partial charge is 0.347 e. The number of carbonyl (C=O) groups is 1. The predicted octanol–water partition coefficient (Wildman–Crippen LogP) is 8.13. The Balaban J connectivity index is 1.31. The minimum Gasteiger partial charge on any atom is -0.347 e. The molecule has 0 aliphatic carbocycles. The zero-order valence-corrected chi connectivity index (χ0v) is 24.2. The van der Waals surface area contributed by atoms with Crippen LogP contribution < -0.4 is 5.32 Å². The van der Waals surface area contributed by atoms with E-state index in [-0.39, 0.29) is 25.7 Å². The Morgan fingerprint density at radius 3 is 1.74 bits per heavy atom. The summed E-state index contributed by atoms with van der Waals surface area (Å²) in [7, 11) is -4.00. The number of nitrogens with one attached hydrogen (secondary N) is 1. The number of phosphoric ester groups is 1. The van der Waals surface area contributed by atoms with Crippen LogP contribution in [0.5, 0.6) is 0 Å². The SMILES string of the molecule is O=C(N[C@H](CCc1ccccc1)COP(=O)(OCc1ccccc1)OCc1ccccc1)c1ccc2ccccc2c1. The first kappa shape index (κ1) is 29.4. The van der Waals surface area contributed by atoms with E-state index in [1.165, 1.54) is 0 Å². The molecule has 0 aliphatic heterocycles. The van der Waals surface area contributed by atoms with Crippen molar-refractivity contribution in [2.24, 2.45) is 0 Å². The summed E-state index contributed by atoms with van der Waals surface area (Å²) < 4.78 is 31.4. The molecule has 0 bridgehead atoms. The Bertz CT molecular complexity index is 1560. The van der Waals surface area contributed by atoms with Crippen LogP contribution in [0.4, 0.5) is 0 Å². The molecule has 6 nitrogen and oxygen atoms in total. The molecule has 0 saturated heterocycles. The van der Waals surface area contributed by atoms with E-state index in [9.17, 15) is 9.36 Å². The van der Waals surface area contributed by atoms with Gasteiger partial charge in [0, 0.05) is 5.56 Å². The monoisotopic (exact) mass is 579 g/mol. The Labute approximate surface area is 246 Å². The molecule has 0 spiro atoms. The topological polar surface area (TPSA) is 73.9 Å². The Hall–Kier alpha value is -4.06. The zero-order valence-electron chi connectivity index (χ0n) is 23.3. The van der Waals surface area contributed by atoms with Crippen molar-refractivity contribution >= 4 is 24.5 Å². The van der Waals surface area contributed by atoms with Gasteiger partial charge < -0.3 is 5.32 Å². The average molecular weight is 580 g/mol. The number of benzene rings is 5. The molecule has 0 fully saturated rings. The molecule has 7 heteroatoms. The van der Waals surface area contributed by atoms with Crippen molar-refractivity contribution in [3.8, 4) is 0 Å². The summed E-state index contributed by atoms with van der Waals surface area (Å²) in [5.74, 6) is -0.229. The molecule has 0 aromatic heterocycles. The minimum atomic E-state index is -4.00. The van der Waals surface area contributed by atoms with E-state index in [1.807, 2.05) is 133 Å². The lowest BCUT2D eigenvalue weighted by atomic mass is 10.0. The quantitative estimate of drug-likeness (QED) is 0.135. The molecule has 0 unspecified atom stereocenters. The first-order valence-electron chi connectivity index (χ1n) is 14.0. The number of fused-ring (bicyclic) bond motifs is 1. The Morgan fingerprint density at radius 2 is 1.14 bits per heavy atom. The third-order valence-corrected chi connectivity index (χ3v) is 8.23. The third kappa shape index (κ3) is 8.72. The van der Waals surface area contributed by atoms with Gasteiger partial charge in [-0.15, -0.1) is 0 Å². The number of rotatable bonds is 14. The molecule has 1 amide bonds. The maximum Gasteiger partial charge on any atom is 0.475 e. The van der Waals surface area contributed by atoms with Crippen molar-refractivity contribution in [1.29, 1.82) is 0 Å². The molecule has 214 valence electrons. The van der Waals surface area contributed by atoms with Gasteiger partial charge in [-0.1, -0.05) is 121 Å². The molecular formula is C35H34NO5P. The van der Waals surface area contributed by atoms with Gasteiger partial charge in [-0.05, 0) is 52.4 Å². The van der Waals surface area contributed by atoms with Gasteiger partial charge in [0.25, 0.3) is 5.91 Å². The highest BCUT2D eigenvalue weighted by Crippen LogP contribution is 2.51. The van der Waals surface area contributed by atoms with E-state index in [4.69, 9.17) is 13.6 Å². The van der Waals surface area contributed by atoms with Gasteiger partial charge in [0.05, 0.1) is 25.9 Å². The summed E-state index contributed by atoms with van der Waals surface area (Å²) in [4.78, 5) is 13.4. The van der Waals surface area contributed by atoms with Crippen LogP contribution in [0, 0.1) is 0 Å². The van der Waals surface area contributed by atoms with E-state index >= 15 is 0 Å². The normalized spacial score (nSPS) is 12.2. The number of hydrogen-bond donors (Lipinski definition) is 1. The van der Waals surface area contributed by atoms with Crippen molar-refractivity contribution in [2.45, 2.75) is 32.1 Å². The lowest BCUT2D eigenvalue weighted by Crippen LogP contribution is -2.38. The summed E-state index contributed by atoms with van der Waals surface area (Å²) in [5, 5.41) is 5.13. The maximum atomic E-state index is 13.9. The number of amides is 1. The number of carbonyl (C=O) groups excluding carboxylic acids is 1. The summed E-state index contributed by atoms with van der Waals surface area (Å²) in [6, 6.07) is 42.0. The van der Waals surface area contributed by atoms with Crippen LogP contribution in [0.15, 0.2) is 133 Å². The van der Waals surface area contributed by atoms with E-state index in [2.05, 4.69) is 5.32 Å². The van der Waals surface area contributed by atoms with Gasteiger partial charge in [-0.3, -0.25) is 18.4 Å². The van der Waals surface area contributed by atoms with Crippen molar-refractivity contribution in [1.82, 2.24) is 5.32 Å². The highest BCUT2D eigenvalue weighted by Gasteiger charge is 2.29. The van der Waals surface area contributed by atoms with E-state index in [0.717, 1.165) is 27.5 Å². The molecule has 1 atom stereocenters. The Kier molecular flexibility index (Phi) is 10.3. The maximum absolute atomic E-state index is 13.9. The fourth-order valence-electron chi connectivity index (χ4n) is 4.53. The van der Waals surface area contributed by atoms with Crippen LogP contribution in [0.1, 0.15) is 33.5 Å². The van der Waals surface area contributed by atoms with Crippen molar-refractivity contribution in [2.75, 3.05) is 6.61 Å². The zero-order chi connectivity index (χ0) is 29.0. The Morgan fingerprint density at radius 1 is 0.619 bits per heavy atom. The second-order valence-corrected chi connectivity index (χ2v) is 11.7. The summed E-state index contributed by atoms with van der Waals surface area (Å²) in [6.45, 7) is 0.0725. The summed E-state index contributed by atoms with van der Waals surface area (Å²) in [5.41, 5.74) is 3.36. The first-order chi connectivity index (χ1) is 20.6. The molecule has 0 heterocycles. The molecule has 42 heavy (non-hydrogen) atoms. The van der Waals surface area contributed by atoms with Crippen LogP contribution in [0.3, 0.4) is 0 Å². The van der Waals surface area contributed by atoms with Crippen LogP contribution >= 0.6 is 7.82 Å². The second-order valence-electron chi connectivity index (χ2n) is 10.0. The highest BCUT2D eigenvalue weighted by atomic mass is 31.2. The molecule has 0 saturated carbocycles. The van der Waals surface area contributed by atoms with Crippen LogP contribution in [0.2, 0.25) is 0 Å². The standard InChI is InChI=1S/C35H34NO5P/c37-35(33-22-21-31-18-10-11-19-32(31)24-33)36-34(23-20-28-12-4-1-5-13-28)27-41-42(38,39-25-29-14-6-2-7-15-29)40-26-30-16-8-3-9-17-30/h1-19,21-22,24,34H,20,23,25-27H2,(H,36,37)/t34-/m1/s1. The summed E-state index contributed by atoms with van der Waals surface area (Å²) >= 11 is 0. The molecule has 1 N–H and O–H groups in total. The fraction of sp³-hybridized carbons (Fsp3) is 0.171. The molecular weight excluding hydrogens is 545 g/mol. The van der Waals surface area contributed by atoms with Gasteiger partial charge >= 0.3 is 7.82 Å². The van der Waals surface area contributed by atoms with Crippen molar-refractivity contribution in [3.63, 3.8) is 0 Å². The van der Waals surface area contributed by atoms with Crippen LogP contribution in [-0.4, -0.2) is 18.6 Å². The predicted molar refractivity (Wildman–Crippen MR) is 166 cm³/mol. The van der Waals surface area contributed by atoms with E-state index < -0.39 is 13.9 Å². The average Bonchev–Trinajstić information content (AvgIpc) is 3.05. The molecule has 5 rings (SSSR count). The third-order valence-electron chi connectivity index (χ3n) is 6.87. The number of phosphoric acid groups is 1. The molecule has 5 aromatic rings. The minimum absolute atomic E-state index is 0.0486. The lowest BCUT2D eigenvalue weighted by Gasteiger charge is -2.23. The largest absolute Gasteiger partial charge is 0.475 e. The van der Waals surface area contributed by atoms with Crippen molar-refractivity contribution < 1.29 is 22.9 Å². The fourth-order valence-corrected chi connectivity index (χ4v) is 5.73. The summed E-state index contributed by atoms with van der Waals surface area (Å²) in [6.07, 6.45) is 1.27. The van der Waals surface area contributed by atoms with Gasteiger partial charge in [0.1, 0.15) is 0 Å². The van der Waals surface area contributed by atoms with Gasteiger partial charge in [-0.25, -0.2) is 4.57 Å². The van der Waals surface area contributed by atoms with Gasteiger partial charge in [0.15, 0.2) is 0 Å². The highest BCUT2D eigenvalue weighted by molar-refractivity contribution is 7.48. The van der Waals surface area contributed by atoms with E-state index in [0.29, 0.717) is 18.4 Å². The van der Waals surface area contributed by atoms with Crippen LogP contribution in [-0.2, 0) is 37.8 Å². The number of hydrogen-bond acceptors (Lipinski definition) is 5. The molecule has 5 aromatic carbocycles. The van der Waals surface area contributed by atoms with Crippen molar-refractivity contribution in [3.05, 3.63) is 156 Å². The molecule has 0 aliphatic rings.